The van der Waals surface area contributed by atoms with Crippen LogP contribution in [-0.2, 0) is 16.1 Å². The Bertz CT molecular complexity index is 1050. The third-order valence-corrected chi connectivity index (χ3v) is 5.40. The minimum atomic E-state index is -0.413. The predicted molar refractivity (Wildman–Crippen MR) is 109 cm³/mol. The van der Waals surface area contributed by atoms with Crippen LogP contribution >= 0.6 is 15.9 Å². The summed E-state index contributed by atoms with van der Waals surface area (Å²) >= 11 is 3.42. The molecule has 3 aromatic rings. The maximum absolute atomic E-state index is 12.6. The number of anilines is 1. The van der Waals surface area contributed by atoms with E-state index in [0.29, 0.717) is 18.9 Å². The number of ether oxygens (including phenoxy) is 1. The van der Waals surface area contributed by atoms with Gasteiger partial charge in [0, 0.05) is 34.9 Å². The fraction of sp³-hybridized carbons (Fsp3) is 0.250. The molecule has 0 saturated carbocycles. The highest BCUT2D eigenvalue weighted by molar-refractivity contribution is 9.10. The Morgan fingerprint density at radius 3 is 3.00 bits per heavy atom. The standard InChI is InChI=1S/C20H19BrN4O3/c1-28-17-5-3-2-4-12(17)10-22-20(27)13-8-18(26)25(11-13)19-15-7-6-14(21)9-16(15)23-24-19/h2-7,9,13H,8,10-11H2,1H3,(H,22,27)(H,23,24)/t13-/m1/s1. The Kier molecular flexibility index (Phi) is 5.04. The number of benzene rings is 2. The largest absolute Gasteiger partial charge is 0.496 e. The van der Waals surface area contributed by atoms with Crippen LogP contribution < -0.4 is 15.0 Å². The number of carbonyl (C=O) groups is 2. The van der Waals surface area contributed by atoms with Crippen LogP contribution in [-0.4, -0.2) is 35.7 Å². The van der Waals surface area contributed by atoms with Gasteiger partial charge in [-0.15, -0.1) is 0 Å². The van der Waals surface area contributed by atoms with Crippen LogP contribution in [0.2, 0.25) is 0 Å². The molecular formula is C20H19BrN4O3. The zero-order valence-corrected chi connectivity index (χ0v) is 16.8. The van der Waals surface area contributed by atoms with Gasteiger partial charge in [0.15, 0.2) is 5.82 Å². The Labute approximate surface area is 170 Å². The first-order valence-corrected chi connectivity index (χ1v) is 9.69. The zero-order valence-electron chi connectivity index (χ0n) is 15.2. The molecule has 1 aliphatic rings. The second-order valence-electron chi connectivity index (χ2n) is 6.67. The smallest absolute Gasteiger partial charge is 0.229 e. The summed E-state index contributed by atoms with van der Waals surface area (Å²) in [7, 11) is 1.60. The quantitative estimate of drug-likeness (QED) is 0.635. The molecule has 1 atom stereocenters. The number of aromatic nitrogens is 2. The number of methoxy groups -OCH3 is 1. The number of rotatable bonds is 5. The second-order valence-corrected chi connectivity index (χ2v) is 7.59. The lowest BCUT2D eigenvalue weighted by molar-refractivity contribution is -0.126. The number of para-hydroxylation sites is 1. The molecule has 1 saturated heterocycles. The van der Waals surface area contributed by atoms with Gasteiger partial charge in [-0.25, -0.2) is 0 Å². The van der Waals surface area contributed by atoms with Gasteiger partial charge in [-0.05, 0) is 24.3 Å². The molecule has 2 amide bonds. The van der Waals surface area contributed by atoms with E-state index in [1.807, 2.05) is 42.5 Å². The first kappa shape index (κ1) is 18.5. The third kappa shape index (κ3) is 3.47. The van der Waals surface area contributed by atoms with Gasteiger partial charge in [0.1, 0.15) is 5.75 Å². The molecule has 1 aliphatic heterocycles. The van der Waals surface area contributed by atoms with Gasteiger partial charge in [-0.2, -0.15) is 5.10 Å². The molecule has 2 aromatic carbocycles. The van der Waals surface area contributed by atoms with Gasteiger partial charge in [0.25, 0.3) is 0 Å². The van der Waals surface area contributed by atoms with Gasteiger partial charge in [-0.1, -0.05) is 34.1 Å². The molecular weight excluding hydrogens is 424 g/mol. The van der Waals surface area contributed by atoms with E-state index < -0.39 is 5.92 Å². The number of nitrogens with zero attached hydrogens (tertiary/aromatic N) is 2. The number of hydrogen-bond donors (Lipinski definition) is 2. The highest BCUT2D eigenvalue weighted by atomic mass is 79.9. The SMILES string of the molecule is COc1ccccc1CNC(=O)[C@@H]1CC(=O)N(c2n[nH]c3cc(Br)ccc23)C1. The molecule has 8 heteroatoms. The molecule has 0 radical (unpaired) electrons. The summed E-state index contributed by atoms with van der Waals surface area (Å²) in [4.78, 5) is 26.7. The van der Waals surface area contributed by atoms with Gasteiger partial charge >= 0.3 is 0 Å². The molecule has 2 N–H and O–H groups in total. The Balaban J connectivity index is 1.46. The fourth-order valence-corrected chi connectivity index (χ4v) is 3.81. The fourth-order valence-electron chi connectivity index (χ4n) is 3.45. The van der Waals surface area contributed by atoms with Crippen LogP contribution in [0.15, 0.2) is 46.9 Å². The van der Waals surface area contributed by atoms with E-state index >= 15 is 0 Å². The molecule has 2 heterocycles. The summed E-state index contributed by atoms with van der Waals surface area (Å²) in [6.07, 6.45) is 0.169. The summed E-state index contributed by atoms with van der Waals surface area (Å²) < 4.78 is 6.23. The van der Waals surface area contributed by atoms with Gasteiger partial charge < -0.3 is 10.1 Å². The zero-order chi connectivity index (χ0) is 19.7. The lowest BCUT2D eigenvalue weighted by Gasteiger charge is -2.15. The van der Waals surface area contributed by atoms with Crippen molar-refractivity contribution in [2.75, 3.05) is 18.6 Å². The van der Waals surface area contributed by atoms with Gasteiger partial charge in [0.2, 0.25) is 11.8 Å². The monoisotopic (exact) mass is 442 g/mol. The number of H-pyrrole nitrogens is 1. The van der Waals surface area contributed by atoms with E-state index in [0.717, 1.165) is 26.7 Å². The summed E-state index contributed by atoms with van der Waals surface area (Å²) in [6, 6.07) is 13.2. The predicted octanol–water partition coefficient (Wildman–Crippen LogP) is 3.00. The molecule has 0 aliphatic carbocycles. The van der Waals surface area contributed by atoms with Crippen molar-refractivity contribution in [1.29, 1.82) is 0 Å². The number of fused-ring (bicyclic) bond motifs is 1. The van der Waals surface area contributed by atoms with Crippen molar-refractivity contribution in [2.24, 2.45) is 5.92 Å². The first-order valence-electron chi connectivity index (χ1n) is 8.90. The van der Waals surface area contributed by atoms with Crippen molar-refractivity contribution in [3.05, 3.63) is 52.5 Å². The molecule has 4 rings (SSSR count). The van der Waals surface area contributed by atoms with Crippen LogP contribution in [0, 0.1) is 5.92 Å². The number of aromatic amines is 1. The molecule has 144 valence electrons. The number of carbonyl (C=O) groups excluding carboxylic acids is 2. The van der Waals surface area contributed by atoms with Gasteiger partial charge in [-0.3, -0.25) is 19.6 Å². The van der Waals surface area contributed by atoms with Crippen LogP contribution in [0.25, 0.3) is 10.9 Å². The molecule has 7 nitrogen and oxygen atoms in total. The van der Waals surface area contributed by atoms with Crippen molar-refractivity contribution >= 4 is 44.5 Å². The normalized spacial score (nSPS) is 16.6. The van der Waals surface area contributed by atoms with Crippen molar-refractivity contribution < 1.29 is 14.3 Å². The van der Waals surface area contributed by atoms with E-state index in [4.69, 9.17) is 4.74 Å². The van der Waals surface area contributed by atoms with E-state index in [1.165, 1.54) is 0 Å². The Morgan fingerprint density at radius 1 is 1.36 bits per heavy atom. The first-order chi connectivity index (χ1) is 13.6. The molecule has 0 spiro atoms. The maximum atomic E-state index is 12.6. The van der Waals surface area contributed by atoms with Crippen LogP contribution in [0.4, 0.5) is 5.82 Å². The lowest BCUT2D eigenvalue weighted by Crippen LogP contribution is -2.32. The lowest BCUT2D eigenvalue weighted by atomic mass is 10.1. The summed E-state index contributed by atoms with van der Waals surface area (Å²) in [6.45, 7) is 0.666. The van der Waals surface area contributed by atoms with Crippen molar-refractivity contribution in [3.63, 3.8) is 0 Å². The number of halogens is 1. The van der Waals surface area contributed by atoms with E-state index in [2.05, 4.69) is 31.4 Å². The minimum absolute atomic E-state index is 0.103. The Morgan fingerprint density at radius 2 is 2.18 bits per heavy atom. The van der Waals surface area contributed by atoms with Gasteiger partial charge in [0.05, 0.1) is 18.5 Å². The van der Waals surface area contributed by atoms with Crippen molar-refractivity contribution in [1.82, 2.24) is 15.5 Å². The van der Waals surface area contributed by atoms with E-state index in [9.17, 15) is 9.59 Å². The average molecular weight is 443 g/mol. The number of hydrogen-bond acceptors (Lipinski definition) is 4. The highest BCUT2D eigenvalue weighted by Gasteiger charge is 2.36. The summed E-state index contributed by atoms with van der Waals surface area (Å²) in [5.74, 6) is 0.621. The summed E-state index contributed by atoms with van der Waals surface area (Å²) in [5.41, 5.74) is 1.73. The van der Waals surface area contributed by atoms with E-state index in [-0.39, 0.29) is 18.2 Å². The topological polar surface area (TPSA) is 87.3 Å². The molecule has 1 aromatic heterocycles. The van der Waals surface area contributed by atoms with Crippen LogP contribution in [0.5, 0.6) is 5.75 Å². The maximum Gasteiger partial charge on any atom is 0.229 e. The highest BCUT2D eigenvalue weighted by Crippen LogP contribution is 2.31. The summed E-state index contributed by atoms with van der Waals surface area (Å²) in [5, 5.41) is 11.0. The number of nitrogens with one attached hydrogen (secondary N) is 2. The molecule has 0 bridgehead atoms. The molecule has 0 unspecified atom stereocenters. The third-order valence-electron chi connectivity index (χ3n) is 4.90. The Hall–Kier alpha value is -2.87. The van der Waals surface area contributed by atoms with Crippen LogP contribution in [0.3, 0.4) is 0 Å². The van der Waals surface area contributed by atoms with Crippen LogP contribution in [0.1, 0.15) is 12.0 Å². The molecule has 28 heavy (non-hydrogen) atoms. The van der Waals surface area contributed by atoms with Crippen molar-refractivity contribution in [2.45, 2.75) is 13.0 Å². The van der Waals surface area contributed by atoms with E-state index in [1.54, 1.807) is 12.0 Å². The minimum Gasteiger partial charge on any atom is -0.496 e. The average Bonchev–Trinajstić information content (AvgIpc) is 3.29. The number of amides is 2. The molecule has 1 fully saturated rings. The second kappa shape index (κ2) is 7.63. The van der Waals surface area contributed by atoms with Crippen molar-refractivity contribution in [3.8, 4) is 5.75 Å².